The number of esters is 1. The van der Waals surface area contributed by atoms with Gasteiger partial charge < -0.3 is 13.7 Å². The summed E-state index contributed by atoms with van der Waals surface area (Å²) < 4.78 is 41.5. The maximum Gasteiger partial charge on any atom is 0.342 e. The molecule has 0 radical (unpaired) electrons. The molecular formula is C23H22O6S. The minimum Gasteiger partial charge on any atom is -0.490 e. The van der Waals surface area contributed by atoms with Crippen LogP contribution in [0.2, 0.25) is 0 Å². The molecule has 3 rings (SSSR count). The maximum atomic E-state index is 12.8. The Hall–Kier alpha value is -3.32. The van der Waals surface area contributed by atoms with Crippen LogP contribution in [-0.2, 0) is 14.9 Å². The van der Waals surface area contributed by atoms with E-state index in [1.165, 1.54) is 18.2 Å². The normalized spacial score (nSPS) is 11.0. The van der Waals surface area contributed by atoms with Gasteiger partial charge in [-0.25, -0.2) is 4.79 Å². The number of aryl methyl sites for hydroxylation is 2. The smallest absolute Gasteiger partial charge is 0.342 e. The first-order valence-electron chi connectivity index (χ1n) is 9.32. The van der Waals surface area contributed by atoms with Crippen molar-refractivity contribution in [3.63, 3.8) is 0 Å². The van der Waals surface area contributed by atoms with E-state index in [9.17, 15) is 13.2 Å². The zero-order valence-corrected chi connectivity index (χ0v) is 17.5. The summed E-state index contributed by atoms with van der Waals surface area (Å²) in [6.45, 7) is 3.65. The molecule has 0 N–H and O–H groups in total. The first-order chi connectivity index (χ1) is 14.4. The van der Waals surface area contributed by atoms with Gasteiger partial charge in [0.15, 0.2) is 5.75 Å². The Morgan fingerprint density at radius 2 is 1.57 bits per heavy atom. The number of ether oxygens (including phenoxy) is 2. The monoisotopic (exact) mass is 426 g/mol. The number of hydrogen-bond acceptors (Lipinski definition) is 6. The largest absolute Gasteiger partial charge is 0.490 e. The number of para-hydroxylation sites is 2. The van der Waals surface area contributed by atoms with E-state index >= 15 is 0 Å². The lowest BCUT2D eigenvalue weighted by atomic mass is 10.2. The summed E-state index contributed by atoms with van der Waals surface area (Å²) in [7, 11) is -4.12. The molecule has 7 heteroatoms. The van der Waals surface area contributed by atoms with Gasteiger partial charge >= 0.3 is 16.1 Å². The highest BCUT2D eigenvalue weighted by Gasteiger charge is 2.23. The fourth-order valence-electron chi connectivity index (χ4n) is 2.74. The van der Waals surface area contributed by atoms with Crippen LogP contribution < -0.4 is 8.92 Å². The van der Waals surface area contributed by atoms with E-state index < -0.39 is 16.1 Å². The summed E-state index contributed by atoms with van der Waals surface area (Å²) in [5.74, 6) is -0.122. The minimum absolute atomic E-state index is 0.00575. The van der Waals surface area contributed by atoms with Gasteiger partial charge in [-0.05, 0) is 55.3 Å². The average molecular weight is 426 g/mol. The van der Waals surface area contributed by atoms with Gasteiger partial charge in [-0.2, -0.15) is 8.42 Å². The highest BCUT2D eigenvalue weighted by Crippen LogP contribution is 2.26. The van der Waals surface area contributed by atoms with Crippen molar-refractivity contribution < 1.29 is 26.9 Å². The van der Waals surface area contributed by atoms with Crippen molar-refractivity contribution in [2.24, 2.45) is 0 Å². The van der Waals surface area contributed by atoms with Crippen molar-refractivity contribution in [3.05, 3.63) is 89.5 Å². The van der Waals surface area contributed by atoms with E-state index in [0.717, 1.165) is 5.56 Å². The van der Waals surface area contributed by atoms with Crippen molar-refractivity contribution >= 4 is 16.1 Å². The van der Waals surface area contributed by atoms with E-state index in [4.69, 9.17) is 13.7 Å². The molecule has 0 aromatic heterocycles. The molecule has 0 heterocycles. The molecule has 0 saturated heterocycles. The van der Waals surface area contributed by atoms with Crippen LogP contribution in [0, 0.1) is 13.8 Å². The van der Waals surface area contributed by atoms with E-state index in [1.807, 2.05) is 24.3 Å². The van der Waals surface area contributed by atoms with Gasteiger partial charge in [0.05, 0.1) is 0 Å². The number of rotatable bonds is 8. The van der Waals surface area contributed by atoms with Crippen molar-refractivity contribution in [1.82, 2.24) is 0 Å². The highest BCUT2D eigenvalue weighted by atomic mass is 32.2. The van der Waals surface area contributed by atoms with Gasteiger partial charge in [-0.3, -0.25) is 0 Å². The zero-order valence-electron chi connectivity index (χ0n) is 16.7. The Morgan fingerprint density at radius 1 is 0.867 bits per heavy atom. The van der Waals surface area contributed by atoms with Crippen LogP contribution >= 0.6 is 0 Å². The fraction of sp³-hybridized carbons (Fsp3) is 0.174. The second kappa shape index (κ2) is 9.45. The van der Waals surface area contributed by atoms with E-state index in [0.29, 0.717) is 11.3 Å². The van der Waals surface area contributed by atoms with Crippen molar-refractivity contribution in [3.8, 4) is 11.5 Å². The van der Waals surface area contributed by atoms with Crippen LogP contribution in [0.25, 0.3) is 0 Å². The zero-order chi connectivity index (χ0) is 21.6. The molecule has 0 fully saturated rings. The molecule has 0 unspecified atom stereocenters. The lowest BCUT2D eigenvalue weighted by Gasteiger charge is -2.13. The predicted octanol–water partition coefficient (Wildman–Crippen LogP) is 4.31. The Morgan fingerprint density at radius 3 is 2.33 bits per heavy atom. The summed E-state index contributed by atoms with van der Waals surface area (Å²) in [5, 5.41) is 0. The lowest BCUT2D eigenvalue weighted by molar-refractivity contribution is 0.0448. The molecule has 30 heavy (non-hydrogen) atoms. The van der Waals surface area contributed by atoms with Gasteiger partial charge in [-0.15, -0.1) is 0 Å². The van der Waals surface area contributed by atoms with Gasteiger partial charge in [0, 0.05) is 0 Å². The van der Waals surface area contributed by atoms with Gasteiger partial charge in [0.2, 0.25) is 0 Å². The fourth-order valence-corrected chi connectivity index (χ4v) is 4.00. The quantitative estimate of drug-likeness (QED) is 0.303. The summed E-state index contributed by atoms with van der Waals surface area (Å²) >= 11 is 0. The first kappa shape index (κ1) is 21.4. The summed E-state index contributed by atoms with van der Waals surface area (Å²) in [6, 6.07) is 20.3. The topological polar surface area (TPSA) is 78.9 Å². The molecule has 156 valence electrons. The van der Waals surface area contributed by atoms with Crippen molar-refractivity contribution in [2.45, 2.75) is 18.7 Å². The van der Waals surface area contributed by atoms with Gasteiger partial charge in [0.25, 0.3) is 0 Å². The highest BCUT2D eigenvalue weighted by molar-refractivity contribution is 7.87. The number of benzene rings is 3. The SMILES string of the molecule is Cc1ccc(C)c(S(=O)(=O)Oc2ccccc2C(=O)OCCOc2ccccc2)c1. The van der Waals surface area contributed by atoms with E-state index in [1.54, 1.807) is 44.2 Å². The van der Waals surface area contributed by atoms with Crippen molar-refractivity contribution in [2.75, 3.05) is 13.2 Å². The third kappa shape index (κ3) is 5.39. The average Bonchev–Trinajstić information content (AvgIpc) is 2.73. The summed E-state index contributed by atoms with van der Waals surface area (Å²) in [5.41, 5.74) is 1.36. The molecule has 0 amide bonds. The minimum atomic E-state index is -4.12. The number of carbonyl (C=O) groups excluding carboxylic acids is 1. The third-order valence-electron chi connectivity index (χ3n) is 4.25. The Labute approximate surface area is 176 Å². The van der Waals surface area contributed by atoms with Crippen LogP contribution in [0.1, 0.15) is 21.5 Å². The Kier molecular flexibility index (Phi) is 6.74. The standard InChI is InChI=1S/C23H22O6S/c1-17-12-13-18(2)22(16-17)30(25,26)29-21-11-7-6-10-20(21)23(24)28-15-14-27-19-8-4-3-5-9-19/h3-13,16H,14-15H2,1-2H3. The molecule has 0 aliphatic carbocycles. The summed E-state index contributed by atoms with van der Waals surface area (Å²) in [6.07, 6.45) is 0. The van der Waals surface area contributed by atoms with Crippen LogP contribution in [0.5, 0.6) is 11.5 Å². The van der Waals surface area contributed by atoms with Gasteiger partial charge in [-0.1, -0.05) is 42.5 Å². The Bertz CT molecular complexity index is 1120. The molecule has 0 bridgehead atoms. The van der Waals surface area contributed by atoms with E-state index in [2.05, 4.69) is 0 Å². The van der Waals surface area contributed by atoms with Crippen molar-refractivity contribution in [1.29, 1.82) is 0 Å². The molecule has 0 aliphatic rings. The second-order valence-electron chi connectivity index (χ2n) is 6.60. The second-order valence-corrected chi connectivity index (χ2v) is 8.11. The molecule has 0 atom stereocenters. The third-order valence-corrected chi connectivity index (χ3v) is 5.63. The van der Waals surface area contributed by atoms with Crippen LogP contribution in [0.15, 0.2) is 77.7 Å². The lowest BCUT2D eigenvalue weighted by Crippen LogP contribution is -2.16. The van der Waals surface area contributed by atoms with Crippen LogP contribution in [0.4, 0.5) is 0 Å². The molecule has 0 spiro atoms. The van der Waals surface area contributed by atoms with Crippen LogP contribution in [-0.4, -0.2) is 27.6 Å². The summed E-state index contributed by atoms with van der Waals surface area (Å²) in [4.78, 5) is 12.5. The number of hydrogen-bond donors (Lipinski definition) is 0. The molecular weight excluding hydrogens is 404 g/mol. The number of carbonyl (C=O) groups is 1. The maximum absolute atomic E-state index is 12.8. The molecule has 3 aromatic carbocycles. The molecule has 6 nitrogen and oxygen atoms in total. The first-order valence-corrected chi connectivity index (χ1v) is 10.7. The van der Waals surface area contributed by atoms with E-state index in [-0.39, 0.29) is 29.4 Å². The van der Waals surface area contributed by atoms with Crippen LogP contribution in [0.3, 0.4) is 0 Å². The predicted molar refractivity (Wildman–Crippen MR) is 112 cm³/mol. The van der Waals surface area contributed by atoms with Gasteiger partial charge in [0.1, 0.15) is 29.4 Å². The molecule has 0 aliphatic heterocycles. The Balaban J connectivity index is 1.69. The molecule has 3 aromatic rings. The molecule has 0 saturated carbocycles.